The van der Waals surface area contributed by atoms with Gasteiger partial charge in [-0.1, -0.05) is 12.1 Å². The Balaban J connectivity index is 1.55. The van der Waals surface area contributed by atoms with Crippen molar-refractivity contribution in [1.82, 2.24) is 14.8 Å². The van der Waals surface area contributed by atoms with Crippen molar-refractivity contribution in [2.24, 2.45) is 5.92 Å². The zero-order chi connectivity index (χ0) is 22.9. The number of anilines is 3. The summed E-state index contributed by atoms with van der Waals surface area (Å²) in [7, 11) is 1.76. The van der Waals surface area contributed by atoms with Gasteiger partial charge in [0.25, 0.3) is 0 Å². The van der Waals surface area contributed by atoms with E-state index in [2.05, 4.69) is 41.4 Å². The second-order valence-corrected chi connectivity index (χ2v) is 9.26. The van der Waals surface area contributed by atoms with Crippen LogP contribution in [0.4, 0.5) is 17.2 Å². The molecule has 7 nitrogen and oxygen atoms in total. The van der Waals surface area contributed by atoms with E-state index in [-0.39, 0.29) is 24.0 Å². The number of rotatable bonds is 4. The van der Waals surface area contributed by atoms with Crippen LogP contribution >= 0.6 is 0 Å². The fourth-order valence-electron chi connectivity index (χ4n) is 5.00. The molecule has 0 saturated heterocycles. The van der Waals surface area contributed by atoms with Gasteiger partial charge in [-0.05, 0) is 63.8 Å². The van der Waals surface area contributed by atoms with Gasteiger partial charge in [0.05, 0.1) is 29.7 Å². The fraction of sp³-hybridized carbons (Fsp3) is 0.423. The van der Waals surface area contributed by atoms with Crippen LogP contribution in [0.15, 0.2) is 48.8 Å². The number of pyridine rings is 1. The molecule has 2 aliphatic rings. The van der Waals surface area contributed by atoms with Crippen molar-refractivity contribution in [3.8, 4) is 11.3 Å². The second kappa shape index (κ2) is 8.98. The molecular formula is C26H31N5O2. The summed E-state index contributed by atoms with van der Waals surface area (Å²) in [4.78, 5) is 20.4. The molecule has 2 aromatic heterocycles. The Morgan fingerprint density at radius 2 is 1.94 bits per heavy atom. The lowest BCUT2D eigenvalue weighted by Crippen LogP contribution is -2.38. The Kier molecular flexibility index (Phi) is 5.89. The summed E-state index contributed by atoms with van der Waals surface area (Å²) >= 11 is 0. The van der Waals surface area contributed by atoms with E-state index < -0.39 is 0 Å². The van der Waals surface area contributed by atoms with Gasteiger partial charge >= 0.3 is 0 Å². The third-order valence-corrected chi connectivity index (χ3v) is 6.84. The number of carbonyl (C=O) groups is 1. The molecule has 0 unspecified atom stereocenters. The van der Waals surface area contributed by atoms with Gasteiger partial charge in [0.1, 0.15) is 5.82 Å². The number of hydrogen-bond donors (Lipinski definition) is 1. The van der Waals surface area contributed by atoms with Crippen LogP contribution in [0.5, 0.6) is 0 Å². The quantitative estimate of drug-likeness (QED) is 0.588. The number of amides is 1. The molecule has 5 rings (SSSR count). The molecule has 1 N–H and O–H groups in total. The number of ether oxygens (including phenoxy) is 1. The highest BCUT2D eigenvalue weighted by Gasteiger charge is 2.33. The van der Waals surface area contributed by atoms with Gasteiger partial charge in [0, 0.05) is 42.6 Å². The summed E-state index contributed by atoms with van der Waals surface area (Å²) in [5, 5.41) is 7.97. The Hall–Kier alpha value is -3.19. The van der Waals surface area contributed by atoms with Crippen LogP contribution in [0.25, 0.3) is 11.3 Å². The molecule has 0 bridgehead atoms. The SMILES string of the molecule is CO[C@H]1CC[C@H](C(=O)N2Cc3cccnc3Nc3ccc(-c4ccnn4C(C)C)cc32)CC1. The van der Waals surface area contributed by atoms with Gasteiger partial charge in [0.2, 0.25) is 5.91 Å². The van der Waals surface area contributed by atoms with Crippen molar-refractivity contribution in [2.45, 2.75) is 58.2 Å². The van der Waals surface area contributed by atoms with Gasteiger partial charge in [-0.2, -0.15) is 5.10 Å². The number of fused-ring (bicyclic) bond motifs is 2. The summed E-state index contributed by atoms with van der Waals surface area (Å²) in [6.45, 7) is 4.74. The van der Waals surface area contributed by atoms with Gasteiger partial charge in [0.15, 0.2) is 0 Å². The molecule has 0 spiro atoms. The maximum Gasteiger partial charge on any atom is 0.230 e. The highest BCUT2D eigenvalue weighted by molar-refractivity contribution is 6.00. The molecule has 1 aliphatic carbocycles. The minimum atomic E-state index is 0.00678. The molecule has 1 aromatic carbocycles. The zero-order valence-corrected chi connectivity index (χ0v) is 19.5. The monoisotopic (exact) mass is 445 g/mol. The van der Waals surface area contributed by atoms with Gasteiger partial charge in [-0.3, -0.25) is 9.48 Å². The summed E-state index contributed by atoms with van der Waals surface area (Å²) in [5.74, 6) is 0.989. The first-order chi connectivity index (χ1) is 16.0. The van der Waals surface area contributed by atoms with E-state index in [4.69, 9.17) is 4.74 Å². The Morgan fingerprint density at radius 1 is 1.12 bits per heavy atom. The van der Waals surface area contributed by atoms with E-state index in [1.54, 1.807) is 13.3 Å². The number of hydrogen-bond acceptors (Lipinski definition) is 5. The standard InChI is InChI=1S/C26H31N5O2/c1-17(2)31-23(12-14-28-31)19-8-11-22-24(15-19)30(16-20-5-4-13-27-25(20)29-22)26(32)18-6-9-21(33-3)10-7-18/h4-5,8,11-15,17-18,21H,6-7,9-10,16H2,1-3H3,(H,27,29)/t18-,21-. The van der Waals surface area contributed by atoms with E-state index in [0.29, 0.717) is 6.54 Å². The molecule has 172 valence electrons. The highest BCUT2D eigenvalue weighted by Crippen LogP contribution is 2.40. The van der Waals surface area contributed by atoms with E-state index >= 15 is 0 Å². The summed E-state index contributed by atoms with van der Waals surface area (Å²) < 4.78 is 7.54. The van der Waals surface area contributed by atoms with Crippen LogP contribution in [0.2, 0.25) is 0 Å². The molecule has 1 amide bonds. The fourth-order valence-corrected chi connectivity index (χ4v) is 5.00. The lowest BCUT2D eigenvalue weighted by molar-refractivity contribution is -0.124. The van der Waals surface area contributed by atoms with Gasteiger partial charge in [-0.25, -0.2) is 4.98 Å². The first-order valence-corrected chi connectivity index (χ1v) is 11.8. The van der Waals surface area contributed by atoms with Crippen LogP contribution in [0.3, 0.4) is 0 Å². The molecule has 3 aromatic rings. The van der Waals surface area contributed by atoms with Crippen molar-refractivity contribution in [3.63, 3.8) is 0 Å². The molecule has 1 saturated carbocycles. The van der Waals surface area contributed by atoms with Crippen molar-refractivity contribution < 1.29 is 9.53 Å². The molecule has 0 atom stereocenters. The summed E-state index contributed by atoms with van der Waals surface area (Å²) in [5.41, 5.74) is 4.88. The van der Waals surface area contributed by atoms with Crippen molar-refractivity contribution >= 4 is 23.1 Å². The van der Waals surface area contributed by atoms with E-state index in [1.807, 2.05) is 40.0 Å². The lowest BCUT2D eigenvalue weighted by atomic mass is 9.86. The third kappa shape index (κ3) is 4.13. The van der Waals surface area contributed by atoms with Gasteiger partial charge < -0.3 is 15.0 Å². The number of aromatic nitrogens is 3. The molecule has 7 heteroatoms. The molecule has 3 heterocycles. The smallest absolute Gasteiger partial charge is 0.230 e. The Bertz CT molecular complexity index is 1150. The second-order valence-electron chi connectivity index (χ2n) is 9.26. The highest BCUT2D eigenvalue weighted by atomic mass is 16.5. The number of benzene rings is 1. The van der Waals surface area contributed by atoms with Crippen molar-refractivity contribution in [2.75, 3.05) is 17.3 Å². The zero-order valence-electron chi connectivity index (χ0n) is 19.5. The van der Waals surface area contributed by atoms with Crippen LogP contribution in [0.1, 0.15) is 51.1 Å². The van der Waals surface area contributed by atoms with E-state index in [9.17, 15) is 4.79 Å². The van der Waals surface area contributed by atoms with Crippen LogP contribution < -0.4 is 10.2 Å². The summed E-state index contributed by atoms with van der Waals surface area (Å²) in [6, 6.07) is 12.5. The molecule has 33 heavy (non-hydrogen) atoms. The van der Waals surface area contributed by atoms with Crippen molar-refractivity contribution in [3.05, 3.63) is 54.4 Å². The number of methoxy groups -OCH3 is 1. The lowest BCUT2D eigenvalue weighted by Gasteiger charge is -2.32. The molecule has 1 aliphatic heterocycles. The molecular weight excluding hydrogens is 414 g/mol. The number of carbonyl (C=O) groups excluding carboxylic acids is 1. The summed E-state index contributed by atoms with van der Waals surface area (Å²) in [6.07, 6.45) is 7.45. The van der Waals surface area contributed by atoms with Gasteiger partial charge in [-0.15, -0.1) is 0 Å². The first-order valence-electron chi connectivity index (χ1n) is 11.8. The minimum Gasteiger partial charge on any atom is -0.381 e. The maximum absolute atomic E-state index is 13.9. The topological polar surface area (TPSA) is 72.3 Å². The largest absolute Gasteiger partial charge is 0.381 e. The van der Waals surface area contributed by atoms with E-state index in [1.165, 1.54) is 0 Å². The number of nitrogens with one attached hydrogen (secondary N) is 1. The maximum atomic E-state index is 13.9. The average Bonchev–Trinajstić information content (AvgIpc) is 3.28. The predicted molar refractivity (Wildman–Crippen MR) is 130 cm³/mol. The normalized spacial score (nSPS) is 20.1. The van der Waals surface area contributed by atoms with Crippen LogP contribution in [0, 0.1) is 5.92 Å². The predicted octanol–water partition coefficient (Wildman–Crippen LogP) is 5.32. The number of nitrogens with zero attached hydrogens (tertiary/aromatic N) is 4. The Morgan fingerprint density at radius 3 is 2.70 bits per heavy atom. The average molecular weight is 446 g/mol. The van der Waals surface area contributed by atoms with Crippen LogP contribution in [-0.2, 0) is 16.1 Å². The first kappa shape index (κ1) is 21.6. The van der Waals surface area contributed by atoms with E-state index in [0.717, 1.165) is 59.7 Å². The molecule has 1 fully saturated rings. The molecule has 0 radical (unpaired) electrons. The third-order valence-electron chi connectivity index (χ3n) is 6.84. The minimum absolute atomic E-state index is 0.00678. The van der Waals surface area contributed by atoms with Crippen molar-refractivity contribution in [1.29, 1.82) is 0 Å². The Labute approximate surface area is 194 Å². The van der Waals surface area contributed by atoms with Crippen LogP contribution in [-0.4, -0.2) is 33.9 Å².